The SMILES string of the molecule is C[C@@H](C1CC1)N1Cc2cc(-c3cnc4c(N)nc(Br)cn34)cc(S(C)(=O)=O)c2C1=O. The molecule has 0 radical (unpaired) electrons. The highest BCUT2D eigenvalue weighted by Gasteiger charge is 2.41. The predicted octanol–water partition coefficient (Wildman–Crippen LogP) is 2.90. The first-order valence-corrected chi connectivity index (χ1v) is 12.3. The van der Waals surface area contributed by atoms with Gasteiger partial charge >= 0.3 is 0 Å². The van der Waals surface area contributed by atoms with Crippen molar-refractivity contribution in [1.29, 1.82) is 0 Å². The number of benzene rings is 1. The molecule has 1 aliphatic carbocycles. The molecule has 3 heterocycles. The van der Waals surface area contributed by atoms with Crippen molar-refractivity contribution >= 4 is 43.1 Å². The van der Waals surface area contributed by atoms with E-state index >= 15 is 0 Å². The van der Waals surface area contributed by atoms with Crippen LogP contribution < -0.4 is 5.73 Å². The van der Waals surface area contributed by atoms with Crippen molar-refractivity contribution in [2.24, 2.45) is 5.92 Å². The highest BCUT2D eigenvalue weighted by atomic mass is 79.9. The number of carbonyl (C=O) groups is 1. The van der Waals surface area contributed by atoms with Gasteiger partial charge < -0.3 is 10.6 Å². The van der Waals surface area contributed by atoms with E-state index in [0.717, 1.165) is 24.7 Å². The summed E-state index contributed by atoms with van der Waals surface area (Å²) in [6.45, 7) is 2.45. The van der Waals surface area contributed by atoms with E-state index in [1.807, 2.05) is 13.0 Å². The van der Waals surface area contributed by atoms with Gasteiger partial charge in [-0.1, -0.05) is 0 Å². The van der Waals surface area contributed by atoms with Crippen molar-refractivity contribution in [3.8, 4) is 11.3 Å². The highest BCUT2D eigenvalue weighted by Crippen LogP contribution is 2.41. The largest absolute Gasteiger partial charge is 0.381 e. The standard InChI is InChI=1S/C20H20BrN5O3S/c1-10(11-3-4-11)25-8-13-5-12(6-15(30(2,28)29)17(13)20(25)27)14-7-23-19-18(22)24-16(21)9-26(14)19/h5-7,9-11H,3-4,8H2,1-2H3,(H2,22,24)/t10-/m0/s1. The Morgan fingerprint density at radius 2 is 2.03 bits per heavy atom. The van der Waals surface area contributed by atoms with Gasteiger partial charge in [0.2, 0.25) is 0 Å². The Balaban J connectivity index is 1.70. The molecule has 0 saturated heterocycles. The Morgan fingerprint density at radius 3 is 2.70 bits per heavy atom. The lowest BCUT2D eigenvalue weighted by Crippen LogP contribution is -2.35. The molecule has 2 N–H and O–H groups in total. The predicted molar refractivity (Wildman–Crippen MR) is 116 cm³/mol. The molecule has 8 nitrogen and oxygen atoms in total. The van der Waals surface area contributed by atoms with Crippen molar-refractivity contribution in [3.63, 3.8) is 0 Å². The summed E-state index contributed by atoms with van der Waals surface area (Å²) in [4.78, 5) is 23.5. The Kier molecular flexibility index (Phi) is 4.24. The summed E-state index contributed by atoms with van der Waals surface area (Å²) in [5, 5.41) is 0. The van der Waals surface area contributed by atoms with Gasteiger partial charge in [0.1, 0.15) is 4.60 Å². The van der Waals surface area contributed by atoms with Gasteiger partial charge in [-0.25, -0.2) is 18.4 Å². The number of halogens is 1. The van der Waals surface area contributed by atoms with Gasteiger partial charge in [0.15, 0.2) is 21.3 Å². The average molecular weight is 490 g/mol. The van der Waals surface area contributed by atoms with Crippen LogP contribution in [0, 0.1) is 5.92 Å². The third-order valence-electron chi connectivity index (χ3n) is 5.98. The van der Waals surface area contributed by atoms with Crippen LogP contribution >= 0.6 is 15.9 Å². The van der Waals surface area contributed by atoms with Crippen LogP contribution in [0.1, 0.15) is 35.7 Å². The molecule has 5 rings (SSSR count). The van der Waals surface area contributed by atoms with Crippen molar-refractivity contribution in [1.82, 2.24) is 19.3 Å². The Hall–Kier alpha value is -2.46. The van der Waals surface area contributed by atoms with E-state index in [4.69, 9.17) is 5.73 Å². The Morgan fingerprint density at radius 1 is 1.30 bits per heavy atom. The Labute approximate surface area is 182 Å². The molecule has 1 saturated carbocycles. The Bertz CT molecular complexity index is 1330. The van der Waals surface area contributed by atoms with Gasteiger partial charge in [0.25, 0.3) is 5.91 Å². The number of sulfone groups is 1. The van der Waals surface area contributed by atoms with Crippen molar-refractivity contribution < 1.29 is 13.2 Å². The number of hydrogen-bond acceptors (Lipinski definition) is 6. The fourth-order valence-corrected chi connectivity index (χ4v) is 5.56. The third-order valence-corrected chi connectivity index (χ3v) is 7.48. The lowest BCUT2D eigenvalue weighted by Gasteiger charge is -2.24. The maximum Gasteiger partial charge on any atom is 0.256 e. The van der Waals surface area contributed by atoms with Gasteiger partial charge in [-0.2, -0.15) is 0 Å². The molecule has 0 bridgehead atoms. The van der Waals surface area contributed by atoms with E-state index in [-0.39, 0.29) is 22.7 Å². The van der Waals surface area contributed by atoms with E-state index in [9.17, 15) is 13.2 Å². The van der Waals surface area contributed by atoms with Crippen molar-refractivity contribution in [3.05, 3.63) is 40.3 Å². The number of rotatable bonds is 4. The zero-order chi connectivity index (χ0) is 21.4. The molecule has 3 aromatic rings. The van der Waals surface area contributed by atoms with Gasteiger partial charge in [0.05, 0.1) is 22.3 Å². The molecule has 10 heteroatoms. The van der Waals surface area contributed by atoms with Crippen molar-refractivity contribution in [2.45, 2.75) is 37.2 Å². The monoisotopic (exact) mass is 489 g/mol. The fourth-order valence-electron chi connectivity index (χ4n) is 4.24. The van der Waals surface area contributed by atoms with Crippen LogP contribution in [0.25, 0.3) is 16.9 Å². The lowest BCUT2D eigenvalue weighted by atomic mass is 10.0. The second-order valence-electron chi connectivity index (χ2n) is 8.08. The van der Waals surface area contributed by atoms with Crippen LogP contribution in [-0.4, -0.2) is 45.9 Å². The number of fused-ring (bicyclic) bond motifs is 2. The number of nitrogens with zero attached hydrogens (tertiary/aromatic N) is 4. The number of nitrogens with two attached hydrogens (primary N) is 1. The van der Waals surface area contributed by atoms with Gasteiger partial charge in [-0.3, -0.25) is 9.20 Å². The summed E-state index contributed by atoms with van der Waals surface area (Å²) in [5.74, 6) is 0.557. The minimum Gasteiger partial charge on any atom is -0.381 e. The molecular weight excluding hydrogens is 470 g/mol. The smallest absolute Gasteiger partial charge is 0.256 e. The van der Waals surface area contributed by atoms with E-state index < -0.39 is 9.84 Å². The molecule has 156 valence electrons. The fraction of sp³-hybridized carbons (Fsp3) is 0.350. The molecule has 2 aliphatic rings. The lowest BCUT2D eigenvalue weighted by molar-refractivity contribution is 0.0694. The molecule has 1 atom stereocenters. The second-order valence-corrected chi connectivity index (χ2v) is 10.9. The first-order chi connectivity index (χ1) is 14.1. The number of aromatic nitrogens is 3. The summed E-state index contributed by atoms with van der Waals surface area (Å²) in [6, 6.07) is 3.54. The number of anilines is 1. The highest BCUT2D eigenvalue weighted by molar-refractivity contribution is 9.10. The molecule has 1 fully saturated rings. The van der Waals surface area contributed by atoms with Crippen molar-refractivity contribution in [2.75, 3.05) is 12.0 Å². The van der Waals surface area contributed by atoms with Gasteiger partial charge in [-0.15, -0.1) is 0 Å². The normalized spacial score (nSPS) is 17.6. The number of nitrogen functional groups attached to an aromatic ring is 1. The zero-order valence-corrected chi connectivity index (χ0v) is 18.9. The number of imidazole rings is 1. The van der Waals surface area contributed by atoms with E-state index in [2.05, 4.69) is 25.9 Å². The molecule has 0 unspecified atom stereocenters. The molecule has 30 heavy (non-hydrogen) atoms. The van der Waals surface area contributed by atoms with Crippen LogP contribution in [0.15, 0.2) is 34.0 Å². The summed E-state index contributed by atoms with van der Waals surface area (Å²) in [5.41, 5.74) is 8.81. The minimum absolute atomic E-state index is 0.0570. The molecule has 1 amide bonds. The average Bonchev–Trinajstić information content (AvgIpc) is 3.35. The number of hydrogen-bond donors (Lipinski definition) is 1. The molecule has 0 spiro atoms. The third kappa shape index (κ3) is 3.01. The minimum atomic E-state index is -3.62. The van der Waals surface area contributed by atoms with Crippen LogP contribution in [-0.2, 0) is 16.4 Å². The van der Waals surface area contributed by atoms with Crippen LogP contribution in [0.4, 0.5) is 5.82 Å². The van der Waals surface area contributed by atoms with E-state index in [1.54, 1.807) is 27.8 Å². The van der Waals surface area contributed by atoms with E-state index in [0.29, 0.717) is 39.5 Å². The quantitative estimate of drug-likeness (QED) is 0.602. The van der Waals surface area contributed by atoms with Gasteiger partial charge in [0, 0.05) is 30.6 Å². The molecule has 1 aliphatic heterocycles. The van der Waals surface area contributed by atoms with Gasteiger partial charge in [-0.05, 0) is 59.3 Å². The summed E-state index contributed by atoms with van der Waals surface area (Å²) < 4.78 is 27.6. The topological polar surface area (TPSA) is 111 Å². The first kappa shape index (κ1) is 19.5. The van der Waals surface area contributed by atoms with Crippen LogP contribution in [0.3, 0.4) is 0 Å². The van der Waals surface area contributed by atoms with Crippen LogP contribution in [0.5, 0.6) is 0 Å². The van der Waals surface area contributed by atoms with E-state index in [1.165, 1.54) is 0 Å². The maximum absolute atomic E-state index is 13.2. The number of amides is 1. The molecule has 2 aromatic heterocycles. The molecular formula is C20H20BrN5O3S. The summed E-state index contributed by atoms with van der Waals surface area (Å²) in [7, 11) is -3.62. The summed E-state index contributed by atoms with van der Waals surface area (Å²) in [6.07, 6.45) is 6.72. The summed E-state index contributed by atoms with van der Waals surface area (Å²) >= 11 is 3.33. The first-order valence-electron chi connectivity index (χ1n) is 9.62. The van der Waals surface area contributed by atoms with Crippen LogP contribution in [0.2, 0.25) is 0 Å². The maximum atomic E-state index is 13.2. The number of carbonyl (C=O) groups excluding carboxylic acids is 1. The second kappa shape index (κ2) is 6.52. The molecule has 1 aromatic carbocycles. The zero-order valence-electron chi connectivity index (χ0n) is 16.5.